The third-order valence-electron chi connectivity index (χ3n) is 5.41. The van der Waals surface area contributed by atoms with Crippen LogP contribution in [0.5, 0.6) is 0 Å². The van der Waals surface area contributed by atoms with Gasteiger partial charge in [-0.25, -0.2) is 4.98 Å². The van der Waals surface area contributed by atoms with Crippen LogP contribution in [0.4, 0.5) is 0 Å². The number of halogens is 1. The van der Waals surface area contributed by atoms with E-state index in [9.17, 15) is 0 Å². The van der Waals surface area contributed by atoms with Crippen molar-refractivity contribution in [1.82, 2.24) is 19.9 Å². The Morgan fingerprint density at radius 1 is 0.967 bits per heavy atom. The van der Waals surface area contributed by atoms with Gasteiger partial charge in [-0.3, -0.25) is 0 Å². The van der Waals surface area contributed by atoms with Crippen molar-refractivity contribution in [3.05, 3.63) is 101 Å². The normalized spacial score (nSPS) is 11.5. The summed E-state index contributed by atoms with van der Waals surface area (Å²) in [7, 11) is 0. The summed E-state index contributed by atoms with van der Waals surface area (Å²) in [6.07, 6.45) is 3.12. The molecule has 5 aromatic rings. The van der Waals surface area contributed by atoms with E-state index >= 15 is 0 Å². The van der Waals surface area contributed by atoms with E-state index in [-0.39, 0.29) is 0 Å². The molecule has 4 nitrogen and oxygen atoms in total. The Morgan fingerprint density at radius 2 is 1.83 bits per heavy atom. The van der Waals surface area contributed by atoms with Crippen LogP contribution in [-0.4, -0.2) is 21.1 Å². The second-order valence-electron chi connectivity index (χ2n) is 7.56. The number of rotatable bonds is 7. The first kappa shape index (κ1) is 18.9. The zero-order valence-electron chi connectivity index (χ0n) is 16.6. The molecule has 5 heteroatoms. The highest BCUT2D eigenvalue weighted by Crippen LogP contribution is 2.23. The van der Waals surface area contributed by atoms with Gasteiger partial charge in [-0.15, -0.1) is 0 Å². The zero-order chi connectivity index (χ0) is 20.3. The lowest BCUT2D eigenvalue weighted by molar-refractivity contribution is 0.674. The topological polar surface area (TPSA) is 45.6 Å². The van der Waals surface area contributed by atoms with Crippen molar-refractivity contribution in [2.75, 3.05) is 6.54 Å². The van der Waals surface area contributed by atoms with Crippen molar-refractivity contribution in [1.29, 1.82) is 0 Å². The van der Waals surface area contributed by atoms with Gasteiger partial charge in [0.25, 0.3) is 0 Å². The summed E-state index contributed by atoms with van der Waals surface area (Å²) in [5.41, 5.74) is 5.87. The van der Waals surface area contributed by atoms with Crippen LogP contribution < -0.4 is 5.32 Å². The van der Waals surface area contributed by atoms with E-state index in [1.54, 1.807) is 0 Å². The zero-order valence-corrected chi connectivity index (χ0v) is 17.4. The van der Waals surface area contributed by atoms with Gasteiger partial charge in [0.1, 0.15) is 5.82 Å². The Bertz CT molecular complexity index is 1270. The molecule has 0 aliphatic heterocycles. The molecule has 0 aliphatic rings. The second kappa shape index (κ2) is 8.34. The molecule has 0 unspecified atom stereocenters. The molecule has 2 aromatic heterocycles. The molecule has 5 rings (SSSR count). The second-order valence-corrected chi connectivity index (χ2v) is 7.99. The molecule has 0 fully saturated rings. The van der Waals surface area contributed by atoms with Crippen molar-refractivity contribution in [2.24, 2.45) is 0 Å². The molecule has 0 saturated heterocycles. The summed E-state index contributed by atoms with van der Waals surface area (Å²) in [4.78, 5) is 8.05. The fourth-order valence-corrected chi connectivity index (χ4v) is 4.19. The van der Waals surface area contributed by atoms with Crippen LogP contribution in [0.3, 0.4) is 0 Å². The highest BCUT2D eigenvalue weighted by molar-refractivity contribution is 6.30. The van der Waals surface area contributed by atoms with E-state index in [1.807, 2.05) is 36.4 Å². The molecule has 0 spiro atoms. The summed E-state index contributed by atoms with van der Waals surface area (Å²) in [5.74, 6) is 1.02. The number of nitrogens with one attached hydrogen (secondary N) is 2. The SMILES string of the molecule is Clc1cccc(Cn2cc(CNCCc3nc4ccccc4[nH]3)c3ccccc32)c1. The molecule has 2 N–H and O–H groups in total. The number of fused-ring (bicyclic) bond motifs is 2. The average molecular weight is 415 g/mol. The Balaban J connectivity index is 1.28. The molecular formula is C25H23ClN4. The Hall–Kier alpha value is -3.08. The number of H-pyrrole nitrogens is 1. The Labute approximate surface area is 180 Å². The number of hydrogen-bond acceptors (Lipinski definition) is 2. The van der Waals surface area contributed by atoms with Crippen molar-refractivity contribution in [3.8, 4) is 0 Å². The summed E-state index contributed by atoms with van der Waals surface area (Å²) >= 11 is 6.17. The van der Waals surface area contributed by atoms with Crippen LogP contribution in [-0.2, 0) is 19.5 Å². The van der Waals surface area contributed by atoms with Gasteiger partial charge in [-0.1, -0.05) is 54.1 Å². The third kappa shape index (κ3) is 3.97. The van der Waals surface area contributed by atoms with Crippen LogP contribution in [0.1, 0.15) is 17.0 Å². The van der Waals surface area contributed by atoms with Gasteiger partial charge in [-0.05, 0) is 41.5 Å². The number of imidazole rings is 1. The van der Waals surface area contributed by atoms with Gasteiger partial charge >= 0.3 is 0 Å². The summed E-state index contributed by atoms with van der Waals surface area (Å²) < 4.78 is 2.30. The molecule has 0 saturated carbocycles. The van der Waals surface area contributed by atoms with Crippen LogP contribution >= 0.6 is 11.6 Å². The van der Waals surface area contributed by atoms with Crippen LogP contribution in [0.2, 0.25) is 5.02 Å². The van der Waals surface area contributed by atoms with E-state index in [0.717, 1.165) is 47.9 Å². The fourth-order valence-electron chi connectivity index (χ4n) is 3.98. The summed E-state index contributed by atoms with van der Waals surface area (Å²) in [5, 5.41) is 5.64. The molecule has 150 valence electrons. The largest absolute Gasteiger partial charge is 0.343 e. The van der Waals surface area contributed by atoms with Gasteiger partial charge in [0.15, 0.2) is 0 Å². The van der Waals surface area contributed by atoms with E-state index in [0.29, 0.717) is 0 Å². The van der Waals surface area contributed by atoms with Crippen LogP contribution in [0.25, 0.3) is 21.9 Å². The first-order valence-electron chi connectivity index (χ1n) is 10.2. The monoisotopic (exact) mass is 414 g/mol. The molecule has 0 aliphatic carbocycles. The lowest BCUT2D eigenvalue weighted by Crippen LogP contribution is -2.17. The number of nitrogens with zero attached hydrogens (tertiary/aromatic N) is 2. The minimum absolute atomic E-state index is 0.774. The first-order chi connectivity index (χ1) is 14.8. The Kier molecular flexibility index (Phi) is 5.26. The number of hydrogen-bond donors (Lipinski definition) is 2. The lowest BCUT2D eigenvalue weighted by Gasteiger charge is -2.06. The molecule has 0 radical (unpaired) electrons. The number of aromatic amines is 1. The van der Waals surface area contributed by atoms with Crippen LogP contribution in [0, 0.1) is 0 Å². The summed E-state index contributed by atoms with van der Waals surface area (Å²) in [6.45, 7) is 2.50. The molecule has 2 heterocycles. The minimum Gasteiger partial charge on any atom is -0.343 e. The van der Waals surface area contributed by atoms with Gasteiger partial charge in [-0.2, -0.15) is 0 Å². The van der Waals surface area contributed by atoms with E-state index in [1.165, 1.54) is 22.0 Å². The smallest absolute Gasteiger partial charge is 0.108 e. The van der Waals surface area contributed by atoms with Gasteiger partial charge < -0.3 is 14.9 Å². The van der Waals surface area contributed by atoms with Crippen molar-refractivity contribution in [2.45, 2.75) is 19.5 Å². The van der Waals surface area contributed by atoms with Crippen LogP contribution in [0.15, 0.2) is 79.0 Å². The first-order valence-corrected chi connectivity index (χ1v) is 10.6. The lowest BCUT2D eigenvalue weighted by atomic mass is 10.2. The maximum absolute atomic E-state index is 6.17. The highest BCUT2D eigenvalue weighted by atomic mass is 35.5. The van der Waals surface area contributed by atoms with E-state index in [2.05, 4.69) is 62.4 Å². The maximum Gasteiger partial charge on any atom is 0.108 e. The minimum atomic E-state index is 0.774. The molecular weight excluding hydrogens is 392 g/mol. The maximum atomic E-state index is 6.17. The van der Waals surface area contributed by atoms with Gasteiger partial charge in [0.2, 0.25) is 0 Å². The predicted octanol–water partition coefficient (Wildman–Crippen LogP) is 5.55. The third-order valence-corrected chi connectivity index (χ3v) is 5.64. The van der Waals surface area contributed by atoms with Crippen molar-refractivity contribution < 1.29 is 0 Å². The van der Waals surface area contributed by atoms with E-state index < -0.39 is 0 Å². The molecule has 0 amide bonds. The van der Waals surface area contributed by atoms with Gasteiger partial charge in [0, 0.05) is 48.2 Å². The molecule has 3 aromatic carbocycles. The number of para-hydroxylation sites is 3. The van der Waals surface area contributed by atoms with Crippen molar-refractivity contribution >= 4 is 33.5 Å². The number of benzene rings is 3. The molecule has 30 heavy (non-hydrogen) atoms. The Morgan fingerprint density at radius 3 is 2.73 bits per heavy atom. The number of aromatic nitrogens is 3. The average Bonchev–Trinajstić information content (AvgIpc) is 3.33. The fraction of sp³-hybridized carbons (Fsp3) is 0.160. The predicted molar refractivity (Wildman–Crippen MR) is 124 cm³/mol. The van der Waals surface area contributed by atoms with Gasteiger partial charge in [0.05, 0.1) is 11.0 Å². The summed E-state index contributed by atoms with van der Waals surface area (Å²) in [6, 6.07) is 24.8. The standard InChI is InChI=1S/C25H23ClN4/c26-20-7-5-6-18(14-20)16-30-17-19(21-8-1-4-11-24(21)30)15-27-13-12-25-28-22-9-2-3-10-23(22)29-25/h1-11,14,17,27H,12-13,15-16H2,(H,28,29). The van der Waals surface area contributed by atoms with E-state index in [4.69, 9.17) is 11.6 Å². The molecule has 0 atom stereocenters. The molecule has 0 bridgehead atoms. The van der Waals surface area contributed by atoms with Crippen molar-refractivity contribution in [3.63, 3.8) is 0 Å². The highest BCUT2D eigenvalue weighted by Gasteiger charge is 2.09. The quantitative estimate of drug-likeness (QED) is 0.343.